The number of carbonyl (C=O) groups excluding carboxylic acids is 1. The Hall–Kier alpha value is -2.91. The van der Waals surface area contributed by atoms with Gasteiger partial charge in [-0.2, -0.15) is 5.26 Å². The van der Waals surface area contributed by atoms with E-state index in [4.69, 9.17) is 10.00 Å². The number of nitrogens with one attached hydrogen (secondary N) is 1. The first kappa shape index (κ1) is 18.4. The lowest BCUT2D eigenvalue weighted by atomic mass is 10.0. The van der Waals surface area contributed by atoms with E-state index >= 15 is 0 Å². The fourth-order valence-electron chi connectivity index (χ4n) is 2.07. The normalized spacial score (nSPS) is 11.7. The van der Waals surface area contributed by atoms with Crippen LogP contribution in [0.4, 0.5) is 10.1 Å². The number of para-hydroxylation sites is 1. The van der Waals surface area contributed by atoms with Crippen LogP contribution in [0.25, 0.3) is 0 Å². The molecule has 2 N–H and O–H groups in total. The van der Waals surface area contributed by atoms with Gasteiger partial charge in [0.1, 0.15) is 11.8 Å². The molecule has 1 atom stereocenters. The minimum atomic E-state index is -0.755. The molecular formula is C19H19FN2O3. The third kappa shape index (κ3) is 5.03. The van der Waals surface area contributed by atoms with Crippen molar-refractivity contribution < 1.29 is 19.0 Å². The number of aliphatic hydroxyl groups is 1. The zero-order valence-electron chi connectivity index (χ0n) is 14.0. The quantitative estimate of drug-likeness (QED) is 0.836. The lowest BCUT2D eigenvalue weighted by Gasteiger charge is -2.14. The highest BCUT2D eigenvalue weighted by Crippen LogP contribution is 2.28. The van der Waals surface area contributed by atoms with Crippen LogP contribution in [-0.4, -0.2) is 17.1 Å². The third-order valence-electron chi connectivity index (χ3n) is 3.61. The molecule has 2 rings (SSSR count). The van der Waals surface area contributed by atoms with E-state index in [-0.39, 0.29) is 29.5 Å². The van der Waals surface area contributed by atoms with Crippen LogP contribution in [0, 0.1) is 23.1 Å². The second-order valence-electron chi connectivity index (χ2n) is 5.92. The summed E-state index contributed by atoms with van der Waals surface area (Å²) in [6.45, 7) is 3.62. The number of amides is 1. The molecule has 0 aliphatic carbocycles. The van der Waals surface area contributed by atoms with E-state index < -0.39 is 17.8 Å². The van der Waals surface area contributed by atoms with Crippen molar-refractivity contribution in [1.82, 2.24) is 0 Å². The molecular weight excluding hydrogens is 323 g/mol. The summed E-state index contributed by atoms with van der Waals surface area (Å²) >= 11 is 0. The monoisotopic (exact) mass is 342 g/mol. The molecule has 0 heterocycles. The number of nitrogens with zero attached hydrogens (tertiary/aromatic N) is 1. The van der Waals surface area contributed by atoms with Gasteiger partial charge in [0.2, 0.25) is 5.91 Å². The number of benzene rings is 2. The number of hydrogen-bond donors (Lipinski definition) is 2. The van der Waals surface area contributed by atoms with E-state index in [2.05, 4.69) is 5.32 Å². The second kappa shape index (κ2) is 8.27. The molecule has 0 spiro atoms. The molecule has 0 saturated carbocycles. The topological polar surface area (TPSA) is 82.3 Å². The Morgan fingerprint density at radius 1 is 1.28 bits per heavy atom. The average molecular weight is 342 g/mol. The number of ether oxygens (including phenoxy) is 1. The van der Waals surface area contributed by atoms with Crippen molar-refractivity contribution in [3.63, 3.8) is 0 Å². The van der Waals surface area contributed by atoms with E-state index in [1.54, 1.807) is 24.3 Å². The summed E-state index contributed by atoms with van der Waals surface area (Å²) in [5.74, 6) is -0.916. The molecule has 2 aromatic carbocycles. The molecule has 5 nitrogen and oxygen atoms in total. The molecule has 130 valence electrons. The summed E-state index contributed by atoms with van der Waals surface area (Å²) in [5.41, 5.74) is 0.557. The first-order valence-electron chi connectivity index (χ1n) is 7.85. The van der Waals surface area contributed by atoms with Crippen LogP contribution in [-0.2, 0) is 4.79 Å². The molecule has 25 heavy (non-hydrogen) atoms. The van der Waals surface area contributed by atoms with E-state index in [9.17, 15) is 14.3 Å². The molecule has 6 heteroatoms. The molecule has 0 aliphatic heterocycles. The van der Waals surface area contributed by atoms with E-state index in [0.717, 1.165) is 6.07 Å². The van der Waals surface area contributed by atoms with Crippen LogP contribution >= 0.6 is 0 Å². The number of anilines is 1. The number of nitriles is 1. The number of halogens is 1. The number of carbonyl (C=O) groups is 1. The SMILES string of the molecule is CC(C)C(O)CC(=O)Nc1ccc(Oc2ccccc2C#N)c(F)c1. The standard InChI is InChI=1S/C19H19FN2O3/c1-12(2)16(23)10-19(24)22-14-7-8-18(15(20)9-14)25-17-6-4-3-5-13(17)11-21/h3-9,12,16,23H,10H2,1-2H3,(H,22,24). The van der Waals surface area contributed by atoms with Gasteiger partial charge in [-0.1, -0.05) is 26.0 Å². The molecule has 1 amide bonds. The van der Waals surface area contributed by atoms with Crippen LogP contribution in [0.3, 0.4) is 0 Å². The summed E-state index contributed by atoms with van der Waals surface area (Å²) in [6.07, 6.45) is -0.817. The van der Waals surface area contributed by atoms with Gasteiger partial charge < -0.3 is 15.2 Å². The van der Waals surface area contributed by atoms with Gasteiger partial charge in [-0.25, -0.2) is 4.39 Å². The number of hydrogen-bond acceptors (Lipinski definition) is 4. The Morgan fingerprint density at radius 2 is 2.00 bits per heavy atom. The van der Waals surface area contributed by atoms with Crippen molar-refractivity contribution in [1.29, 1.82) is 5.26 Å². The van der Waals surface area contributed by atoms with Crippen molar-refractivity contribution in [2.24, 2.45) is 5.92 Å². The van der Waals surface area contributed by atoms with Gasteiger partial charge in [-0.3, -0.25) is 4.79 Å². The smallest absolute Gasteiger partial charge is 0.226 e. The highest BCUT2D eigenvalue weighted by Gasteiger charge is 2.15. The summed E-state index contributed by atoms with van der Waals surface area (Å²) in [4.78, 5) is 11.8. The maximum atomic E-state index is 14.2. The van der Waals surface area contributed by atoms with Crippen LogP contribution in [0.2, 0.25) is 0 Å². The van der Waals surface area contributed by atoms with Gasteiger partial charge in [-0.15, -0.1) is 0 Å². The van der Waals surface area contributed by atoms with Crippen LogP contribution in [0.15, 0.2) is 42.5 Å². The fraction of sp³-hybridized carbons (Fsp3) is 0.263. The third-order valence-corrected chi connectivity index (χ3v) is 3.61. The Kier molecular flexibility index (Phi) is 6.09. The minimum Gasteiger partial charge on any atom is -0.453 e. The van der Waals surface area contributed by atoms with Gasteiger partial charge in [0.15, 0.2) is 11.6 Å². The summed E-state index contributed by atoms with van der Waals surface area (Å²) < 4.78 is 19.6. The summed E-state index contributed by atoms with van der Waals surface area (Å²) in [5, 5.41) is 21.3. The zero-order chi connectivity index (χ0) is 18.4. The van der Waals surface area contributed by atoms with Crippen molar-refractivity contribution in [3.05, 3.63) is 53.8 Å². The van der Waals surface area contributed by atoms with Gasteiger partial charge in [0.25, 0.3) is 0 Å². The molecule has 1 unspecified atom stereocenters. The Labute approximate surface area is 145 Å². The molecule has 0 bridgehead atoms. The van der Waals surface area contributed by atoms with E-state index in [1.807, 2.05) is 19.9 Å². The summed E-state index contributed by atoms with van der Waals surface area (Å²) in [7, 11) is 0. The molecule has 0 saturated heterocycles. The maximum absolute atomic E-state index is 14.2. The van der Waals surface area contributed by atoms with Gasteiger partial charge in [0.05, 0.1) is 18.1 Å². The predicted molar refractivity (Wildman–Crippen MR) is 91.7 cm³/mol. The highest BCUT2D eigenvalue weighted by molar-refractivity contribution is 5.91. The van der Waals surface area contributed by atoms with Crippen LogP contribution in [0.5, 0.6) is 11.5 Å². The molecule has 0 aliphatic rings. The van der Waals surface area contributed by atoms with Crippen molar-refractivity contribution in [2.75, 3.05) is 5.32 Å². The molecule has 0 aromatic heterocycles. The van der Waals surface area contributed by atoms with Gasteiger partial charge in [-0.05, 0) is 30.2 Å². The van der Waals surface area contributed by atoms with Gasteiger partial charge >= 0.3 is 0 Å². The minimum absolute atomic E-state index is 0.0431. The summed E-state index contributed by atoms with van der Waals surface area (Å²) in [6, 6.07) is 12.5. The van der Waals surface area contributed by atoms with Crippen molar-refractivity contribution >= 4 is 11.6 Å². The molecule has 2 aromatic rings. The second-order valence-corrected chi connectivity index (χ2v) is 5.92. The molecule has 0 radical (unpaired) electrons. The van der Waals surface area contributed by atoms with E-state index in [1.165, 1.54) is 12.1 Å². The largest absolute Gasteiger partial charge is 0.453 e. The zero-order valence-corrected chi connectivity index (χ0v) is 14.0. The van der Waals surface area contributed by atoms with E-state index in [0.29, 0.717) is 5.56 Å². The van der Waals surface area contributed by atoms with Crippen molar-refractivity contribution in [3.8, 4) is 17.6 Å². The first-order chi connectivity index (χ1) is 11.9. The van der Waals surface area contributed by atoms with Crippen LogP contribution < -0.4 is 10.1 Å². The molecule has 0 fully saturated rings. The Bertz CT molecular complexity index is 799. The Balaban J connectivity index is 2.08. The number of rotatable bonds is 6. The van der Waals surface area contributed by atoms with Gasteiger partial charge in [0, 0.05) is 11.8 Å². The van der Waals surface area contributed by atoms with Crippen molar-refractivity contribution in [2.45, 2.75) is 26.4 Å². The Morgan fingerprint density at radius 3 is 2.64 bits per heavy atom. The first-order valence-corrected chi connectivity index (χ1v) is 7.85. The lowest BCUT2D eigenvalue weighted by Crippen LogP contribution is -2.23. The highest BCUT2D eigenvalue weighted by atomic mass is 19.1. The fourth-order valence-corrected chi connectivity index (χ4v) is 2.07. The van der Waals surface area contributed by atoms with Crippen LogP contribution in [0.1, 0.15) is 25.8 Å². The average Bonchev–Trinajstić information content (AvgIpc) is 2.57. The predicted octanol–water partition coefficient (Wildman–Crippen LogP) is 3.84. The maximum Gasteiger partial charge on any atom is 0.226 e. The number of aliphatic hydroxyl groups excluding tert-OH is 1. The lowest BCUT2D eigenvalue weighted by molar-refractivity contribution is -0.118.